The fraction of sp³-hybridized carbons (Fsp3) is 0.588. The summed E-state index contributed by atoms with van der Waals surface area (Å²) in [6, 6.07) is 6.43. The first-order chi connectivity index (χ1) is 10.6. The van der Waals surface area contributed by atoms with Gasteiger partial charge in [0.2, 0.25) is 5.91 Å². The number of amides is 1. The van der Waals surface area contributed by atoms with E-state index >= 15 is 0 Å². The number of aryl methyl sites for hydroxylation is 2. The number of benzene rings is 1. The van der Waals surface area contributed by atoms with Gasteiger partial charge in [-0.05, 0) is 44.1 Å². The molecule has 1 aliphatic rings. The topological polar surface area (TPSA) is 52.6 Å². The van der Waals surface area contributed by atoms with Gasteiger partial charge in [-0.2, -0.15) is 11.8 Å². The van der Waals surface area contributed by atoms with Gasteiger partial charge in [0.1, 0.15) is 0 Å². The van der Waals surface area contributed by atoms with Gasteiger partial charge in [-0.25, -0.2) is 0 Å². The summed E-state index contributed by atoms with van der Waals surface area (Å²) in [4.78, 5) is 14.5. The summed E-state index contributed by atoms with van der Waals surface area (Å²) in [5.41, 5.74) is 3.14. The Kier molecular flexibility index (Phi) is 6.73. The molecule has 2 rings (SSSR count). The van der Waals surface area contributed by atoms with Crippen molar-refractivity contribution >= 4 is 23.4 Å². The summed E-state index contributed by atoms with van der Waals surface area (Å²) in [7, 11) is 0. The molecule has 5 heteroatoms. The van der Waals surface area contributed by atoms with E-state index < -0.39 is 0 Å². The van der Waals surface area contributed by atoms with Gasteiger partial charge in [0, 0.05) is 24.0 Å². The standard InChI is InChI=1S/C17H26N2O2S/c1-13-5-6-16(14(2)10-13)18-17(21)11-19(7-8-20)15-4-3-9-22-12-15/h5-6,10,15,20H,3-4,7-9,11-12H2,1-2H3,(H,18,21). The van der Waals surface area contributed by atoms with E-state index in [1.54, 1.807) is 0 Å². The number of hydrogen-bond acceptors (Lipinski definition) is 4. The van der Waals surface area contributed by atoms with Crippen molar-refractivity contribution in [3.8, 4) is 0 Å². The number of nitrogens with one attached hydrogen (secondary N) is 1. The number of aliphatic hydroxyl groups is 1. The Morgan fingerprint density at radius 3 is 2.91 bits per heavy atom. The van der Waals surface area contributed by atoms with Crippen LogP contribution in [-0.4, -0.2) is 53.2 Å². The molecule has 1 amide bonds. The summed E-state index contributed by atoms with van der Waals surface area (Å²) < 4.78 is 0. The Bertz CT molecular complexity index is 501. The molecule has 0 saturated carbocycles. The Morgan fingerprint density at radius 1 is 1.45 bits per heavy atom. The third-order valence-electron chi connectivity index (χ3n) is 4.04. The molecule has 1 fully saturated rings. The largest absolute Gasteiger partial charge is 0.395 e. The van der Waals surface area contributed by atoms with Gasteiger partial charge in [0.15, 0.2) is 0 Å². The molecule has 4 nitrogen and oxygen atoms in total. The van der Waals surface area contributed by atoms with Gasteiger partial charge in [0.25, 0.3) is 0 Å². The number of anilines is 1. The Labute approximate surface area is 137 Å². The first kappa shape index (κ1) is 17.3. The summed E-state index contributed by atoms with van der Waals surface area (Å²) in [5.74, 6) is 2.26. The second kappa shape index (κ2) is 8.56. The van der Waals surface area contributed by atoms with Gasteiger partial charge < -0.3 is 10.4 Å². The molecule has 1 aliphatic heterocycles. The molecule has 0 radical (unpaired) electrons. The maximum absolute atomic E-state index is 12.3. The van der Waals surface area contributed by atoms with Crippen molar-refractivity contribution in [3.63, 3.8) is 0 Å². The van der Waals surface area contributed by atoms with Crippen molar-refractivity contribution in [2.45, 2.75) is 32.7 Å². The number of carbonyl (C=O) groups excluding carboxylic acids is 1. The molecule has 0 aromatic heterocycles. The van der Waals surface area contributed by atoms with Crippen LogP contribution in [0, 0.1) is 13.8 Å². The number of carbonyl (C=O) groups is 1. The van der Waals surface area contributed by atoms with E-state index in [-0.39, 0.29) is 12.5 Å². The maximum Gasteiger partial charge on any atom is 0.238 e. The van der Waals surface area contributed by atoms with Crippen LogP contribution >= 0.6 is 11.8 Å². The lowest BCUT2D eigenvalue weighted by molar-refractivity contribution is -0.117. The highest BCUT2D eigenvalue weighted by Gasteiger charge is 2.23. The van der Waals surface area contributed by atoms with Crippen LogP contribution in [-0.2, 0) is 4.79 Å². The first-order valence-corrected chi connectivity index (χ1v) is 9.05. The average molecular weight is 322 g/mol. The van der Waals surface area contributed by atoms with Crippen LogP contribution in [0.2, 0.25) is 0 Å². The number of nitrogens with zero attached hydrogens (tertiary/aromatic N) is 1. The zero-order chi connectivity index (χ0) is 15.9. The second-order valence-electron chi connectivity index (χ2n) is 5.93. The highest BCUT2D eigenvalue weighted by molar-refractivity contribution is 7.99. The van der Waals surface area contributed by atoms with Crippen molar-refractivity contribution in [2.24, 2.45) is 0 Å². The maximum atomic E-state index is 12.3. The summed E-state index contributed by atoms with van der Waals surface area (Å²) in [5, 5.41) is 12.3. The average Bonchev–Trinajstić information content (AvgIpc) is 2.50. The molecule has 22 heavy (non-hydrogen) atoms. The van der Waals surface area contributed by atoms with Crippen LogP contribution in [0.15, 0.2) is 18.2 Å². The van der Waals surface area contributed by atoms with Gasteiger partial charge in [-0.3, -0.25) is 9.69 Å². The van der Waals surface area contributed by atoms with E-state index in [9.17, 15) is 9.90 Å². The van der Waals surface area contributed by atoms with Gasteiger partial charge >= 0.3 is 0 Å². The molecule has 1 unspecified atom stereocenters. The third kappa shape index (κ3) is 5.00. The second-order valence-corrected chi connectivity index (χ2v) is 7.08. The zero-order valence-electron chi connectivity index (χ0n) is 13.5. The minimum Gasteiger partial charge on any atom is -0.395 e. The molecule has 1 aromatic rings. The minimum atomic E-state index is -0.00373. The Morgan fingerprint density at radius 2 is 2.27 bits per heavy atom. The van der Waals surface area contributed by atoms with Crippen LogP contribution < -0.4 is 5.32 Å². The minimum absolute atomic E-state index is 0.00373. The number of hydrogen-bond donors (Lipinski definition) is 2. The highest BCUT2D eigenvalue weighted by Crippen LogP contribution is 2.22. The van der Waals surface area contributed by atoms with Crippen molar-refractivity contribution in [3.05, 3.63) is 29.3 Å². The molecule has 1 atom stereocenters. The molecule has 122 valence electrons. The predicted octanol–water partition coefficient (Wildman–Crippen LogP) is 2.43. The lowest BCUT2D eigenvalue weighted by atomic mass is 10.1. The monoisotopic (exact) mass is 322 g/mol. The van der Waals surface area contributed by atoms with Crippen molar-refractivity contribution in [1.29, 1.82) is 0 Å². The summed E-state index contributed by atoms with van der Waals surface area (Å²) >= 11 is 1.94. The van der Waals surface area contributed by atoms with Gasteiger partial charge in [0.05, 0.1) is 13.2 Å². The molecular weight excluding hydrogens is 296 g/mol. The van der Waals surface area contributed by atoms with E-state index in [1.165, 1.54) is 17.7 Å². The van der Waals surface area contributed by atoms with Crippen LogP contribution in [0.4, 0.5) is 5.69 Å². The van der Waals surface area contributed by atoms with Crippen LogP contribution in [0.1, 0.15) is 24.0 Å². The summed E-state index contributed by atoms with van der Waals surface area (Å²) in [6.07, 6.45) is 2.31. The van der Waals surface area contributed by atoms with Gasteiger partial charge in [-0.15, -0.1) is 0 Å². The van der Waals surface area contributed by atoms with E-state index in [4.69, 9.17) is 0 Å². The molecule has 0 bridgehead atoms. The van der Waals surface area contributed by atoms with E-state index in [0.29, 0.717) is 19.1 Å². The smallest absolute Gasteiger partial charge is 0.238 e. The van der Waals surface area contributed by atoms with Crippen LogP contribution in [0.5, 0.6) is 0 Å². The Balaban J connectivity index is 1.95. The SMILES string of the molecule is Cc1ccc(NC(=O)CN(CCO)C2CCCSC2)c(C)c1. The highest BCUT2D eigenvalue weighted by atomic mass is 32.2. The fourth-order valence-electron chi connectivity index (χ4n) is 2.86. The molecule has 0 aliphatic carbocycles. The number of thioether (sulfide) groups is 1. The molecule has 1 heterocycles. The number of rotatable bonds is 6. The normalized spacial score (nSPS) is 18.5. The molecule has 1 aromatic carbocycles. The molecule has 2 N–H and O–H groups in total. The zero-order valence-corrected chi connectivity index (χ0v) is 14.3. The lowest BCUT2D eigenvalue weighted by Gasteiger charge is -2.33. The summed E-state index contributed by atoms with van der Waals surface area (Å²) in [6.45, 7) is 5.05. The third-order valence-corrected chi connectivity index (χ3v) is 5.24. The van der Waals surface area contributed by atoms with Crippen LogP contribution in [0.25, 0.3) is 0 Å². The molecular formula is C17H26N2O2S. The van der Waals surface area contributed by atoms with Crippen molar-refractivity contribution in [2.75, 3.05) is 36.5 Å². The molecule has 0 spiro atoms. The molecule has 1 saturated heterocycles. The lowest BCUT2D eigenvalue weighted by Crippen LogP contribution is -2.44. The predicted molar refractivity (Wildman–Crippen MR) is 93.6 cm³/mol. The number of aliphatic hydroxyl groups excluding tert-OH is 1. The van der Waals surface area contributed by atoms with Crippen molar-refractivity contribution < 1.29 is 9.90 Å². The van der Waals surface area contributed by atoms with E-state index in [0.717, 1.165) is 23.4 Å². The Hall–Kier alpha value is -1.04. The van der Waals surface area contributed by atoms with Crippen LogP contribution in [0.3, 0.4) is 0 Å². The fourth-order valence-corrected chi connectivity index (χ4v) is 4.05. The van der Waals surface area contributed by atoms with E-state index in [2.05, 4.69) is 16.3 Å². The van der Waals surface area contributed by atoms with E-state index in [1.807, 2.05) is 37.7 Å². The van der Waals surface area contributed by atoms with Crippen molar-refractivity contribution in [1.82, 2.24) is 4.90 Å². The quantitative estimate of drug-likeness (QED) is 0.844. The first-order valence-electron chi connectivity index (χ1n) is 7.90. The van der Waals surface area contributed by atoms with Gasteiger partial charge in [-0.1, -0.05) is 17.7 Å².